The number of carbonyl (C=O) groups is 2. The third kappa shape index (κ3) is 3.07. The van der Waals surface area contributed by atoms with Crippen LogP contribution in [0.4, 0.5) is 0 Å². The number of hydrogen-bond donors (Lipinski definition) is 1. The van der Waals surface area contributed by atoms with Crippen molar-refractivity contribution in [2.45, 2.75) is 58.2 Å². The number of nitrogens with zero attached hydrogens (tertiary/aromatic N) is 1. The molecule has 0 aromatic carbocycles. The highest BCUT2D eigenvalue weighted by Crippen LogP contribution is 2.29. The van der Waals surface area contributed by atoms with Gasteiger partial charge < -0.3 is 10.2 Å². The van der Waals surface area contributed by atoms with Crippen molar-refractivity contribution in [1.82, 2.24) is 10.2 Å². The second-order valence-corrected chi connectivity index (χ2v) is 9.20. The summed E-state index contributed by atoms with van der Waals surface area (Å²) < 4.78 is 23.2. The Labute approximate surface area is 126 Å². The van der Waals surface area contributed by atoms with Crippen LogP contribution in [0, 0.1) is 5.92 Å². The molecule has 2 rings (SSSR count). The van der Waals surface area contributed by atoms with Crippen molar-refractivity contribution in [3.63, 3.8) is 0 Å². The molecule has 1 unspecified atom stereocenters. The lowest BCUT2D eigenvalue weighted by Crippen LogP contribution is -2.71. The van der Waals surface area contributed by atoms with Gasteiger partial charge in [0.1, 0.15) is 21.4 Å². The average Bonchev–Trinajstić information content (AvgIpc) is 2.33. The van der Waals surface area contributed by atoms with Crippen LogP contribution >= 0.6 is 0 Å². The molecule has 0 radical (unpaired) electrons. The summed E-state index contributed by atoms with van der Waals surface area (Å²) in [5, 5.41) is 2.77. The molecule has 2 amide bonds. The molecule has 2 heterocycles. The summed E-state index contributed by atoms with van der Waals surface area (Å²) in [6, 6.07) is -0.685. The van der Waals surface area contributed by atoms with Gasteiger partial charge in [0.25, 0.3) is 0 Å². The monoisotopic (exact) mass is 316 g/mol. The zero-order valence-electron chi connectivity index (χ0n) is 13.0. The van der Waals surface area contributed by atoms with Crippen LogP contribution in [0.1, 0.15) is 40.5 Å². The standard InChI is InChI=1S/C14H24N2O4S/c1-9(2)11-12(17)15-14(3,4)13(18)16(11)10-5-7-21(19,20)8-6-10/h9-11H,5-8H2,1-4H3,(H,15,17). The van der Waals surface area contributed by atoms with E-state index in [1.54, 1.807) is 18.7 Å². The maximum Gasteiger partial charge on any atom is 0.248 e. The first kappa shape index (κ1) is 16.3. The predicted molar refractivity (Wildman–Crippen MR) is 79.4 cm³/mol. The van der Waals surface area contributed by atoms with Crippen molar-refractivity contribution < 1.29 is 18.0 Å². The van der Waals surface area contributed by atoms with Gasteiger partial charge in [-0.2, -0.15) is 0 Å². The molecular formula is C14H24N2O4S. The quantitative estimate of drug-likeness (QED) is 0.795. The molecule has 2 aliphatic rings. The van der Waals surface area contributed by atoms with E-state index >= 15 is 0 Å². The molecule has 2 fully saturated rings. The summed E-state index contributed by atoms with van der Waals surface area (Å²) in [5.41, 5.74) is -0.932. The van der Waals surface area contributed by atoms with Gasteiger partial charge in [-0.25, -0.2) is 8.42 Å². The first-order valence-corrected chi connectivity index (χ1v) is 9.22. The van der Waals surface area contributed by atoms with Crippen LogP contribution < -0.4 is 5.32 Å². The van der Waals surface area contributed by atoms with Crippen LogP contribution in [0.2, 0.25) is 0 Å². The minimum absolute atomic E-state index is 0.0106. The van der Waals surface area contributed by atoms with E-state index < -0.39 is 21.4 Å². The summed E-state index contributed by atoms with van der Waals surface area (Å²) in [6.07, 6.45) is 0.835. The number of piperazine rings is 1. The predicted octanol–water partition coefficient (Wildman–Crippen LogP) is 0.325. The van der Waals surface area contributed by atoms with Crippen LogP contribution in [-0.2, 0) is 19.4 Å². The lowest BCUT2D eigenvalue weighted by atomic mass is 9.89. The lowest BCUT2D eigenvalue weighted by molar-refractivity contribution is -0.158. The molecule has 0 aromatic heterocycles. The van der Waals surface area contributed by atoms with Crippen LogP contribution in [0.25, 0.3) is 0 Å². The average molecular weight is 316 g/mol. The molecule has 2 aliphatic heterocycles. The largest absolute Gasteiger partial charge is 0.340 e. The fourth-order valence-corrected chi connectivity index (χ4v) is 4.65. The number of rotatable bonds is 2. The van der Waals surface area contributed by atoms with Crippen molar-refractivity contribution in [3.8, 4) is 0 Å². The molecule has 1 atom stereocenters. The zero-order valence-corrected chi connectivity index (χ0v) is 13.9. The molecule has 21 heavy (non-hydrogen) atoms. The van der Waals surface area contributed by atoms with Crippen LogP contribution in [0.3, 0.4) is 0 Å². The molecule has 0 aromatic rings. The Bertz CT molecular complexity index is 539. The molecule has 120 valence electrons. The SMILES string of the molecule is CC(C)C1C(=O)NC(C)(C)C(=O)N1C1CCS(=O)(=O)CC1. The third-order valence-electron chi connectivity index (χ3n) is 4.32. The Morgan fingerprint density at radius 2 is 1.71 bits per heavy atom. The summed E-state index contributed by atoms with van der Waals surface area (Å²) in [5.74, 6) is -0.0977. The zero-order chi connectivity index (χ0) is 16.0. The van der Waals surface area contributed by atoms with Gasteiger partial charge in [-0.05, 0) is 32.6 Å². The number of carbonyl (C=O) groups excluding carboxylic acids is 2. The van der Waals surface area contributed by atoms with Crippen molar-refractivity contribution >= 4 is 21.7 Å². The van der Waals surface area contributed by atoms with Gasteiger partial charge >= 0.3 is 0 Å². The van der Waals surface area contributed by atoms with Gasteiger partial charge in [0.15, 0.2) is 0 Å². The van der Waals surface area contributed by atoms with Crippen molar-refractivity contribution in [1.29, 1.82) is 0 Å². The van der Waals surface area contributed by atoms with Crippen LogP contribution in [0.5, 0.6) is 0 Å². The van der Waals surface area contributed by atoms with E-state index in [2.05, 4.69) is 5.32 Å². The fraction of sp³-hybridized carbons (Fsp3) is 0.857. The molecule has 0 aliphatic carbocycles. The Morgan fingerprint density at radius 1 is 1.19 bits per heavy atom. The van der Waals surface area contributed by atoms with E-state index in [1.165, 1.54) is 0 Å². The molecule has 0 spiro atoms. The van der Waals surface area contributed by atoms with Gasteiger partial charge in [-0.1, -0.05) is 13.8 Å². The molecule has 6 nitrogen and oxygen atoms in total. The van der Waals surface area contributed by atoms with E-state index in [9.17, 15) is 18.0 Å². The number of hydrogen-bond acceptors (Lipinski definition) is 4. The summed E-state index contributed by atoms with van der Waals surface area (Å²) >= 11 is 0. The number of amides is 2. The van der Waals surface area contributed by atoms with Gasteiger partial charge in [-0.3, -0.25) is 9.59 Å². The highest BCUT2D eigenvalue weighted by atomic mass is 32.2. The number of sulfone groups is 1. The lowest BCUT2D eigenvalue weighted by Gasteiger charge is -2.48. The van der Waals surface area contributed by atoms with E-state index in [0.29, 0.717) is 12.8 Å². The highest BCUT2D eigenvalue weighted by Gasteiger charge is 2.49. The van der Waals surface area contributed by atoms with E-state index in [0.717, 1.165) is 0 Å². The fourth-order valence-electron chi connectivity index (χ4n) is 3.18. The van der Waals surface area contributed by atoms with Crippen molar-refractivity contribution in [2.24, 2.45) is 5.92 Å². The van der Waals surface area contributed by atoms with Gasteiger partial charge in [-0.15, -0.1) is 0 Å². The Hall–Kier alpha value is -1.11. The molecule has 1 N–H and O–H groups in total. The number of nitrogens with one attached hydrogen (secondary N) is 1. The molecule has 2 saturated heterocycles. The maximum atomic E-state index is 12.7. The van der Waals surface area contributed by atoms with E-state index in [1.807, 2.05) is 13.8 Å². The molecule has 0 saturated carbocycles. The molecule has 0 bridgehead atoms. The normalized spacial score (nSPS) is 29.6. The summed E-state index contributed by atoms with van der Waals surface area (Å²) in [7, 11) is -2.99. The second kappa shape index (κ2) is 5.26. The van der Waals surface area contributed by atoms with Crippen molar-refractivity contribution in [3.05, 3.63) is 0 Å². The first-order chi connectivity index (χ1) is 9.55. The Kier molecular flexibility index (Phi) is 4.08. The first-order valence-electron chi connectivity index (χ1n) is 7.40. The second-order valence-electron chi connectivity index (χ2n) is 6.90. The van der Waals surface area contributed by atoms with Gasteiger partial charge in [0.2, 0.25) is 11.8 Å². The van der Waals surface area contributed by atoms with Gasteiger partial charge in [0, 0.05) is 6.04 Å². The Morgan fingerprint density at radius 3 is 2.19 bits per heavy atom. The van der Waals surface area contributed by atoms with Crippen LogP contribution in [0.15, 0.2) is 0 Å². The summed E-state index contributed by atoms with van der Waals surface area (Å²) in [6.45, 7) is 7.19. The van der Waals surface area contributed by atoms with Crippen molar-refractivity contribution in [2.75, 3.05) is 11.5 Å². The van der Waals surface area contributed by atoms with Gasteiger partial charge in [0.05, 0.1) is 11.5 Å². The summed E-state index contributed by atoms with van der Waals surface area (Å²) in [4.78, 5) is 26.7. The third-order valence-corrected chi connectivity index (χ3v) is 6.04. The van der Waals surface area contributed by atoms with E-state index in [4.69, 9.17) is 0 Å². The van der Waals surface area contributed by atoms with Crippen LogP contribution in [-0.4, -0.2) is 54.3 Å². The minimum Gasteiger partial charge on any atom is -0.340 e. The highest BCUT2D eigenvalue weighted by molar-refractivity contribution is 7.91. The van der Waals surface area contributed by atoms with E-state index in [-0.39, 0.29) is 35.3 Å². The molecule has 7 heteroatoms. The topological polar surface area (TPSA) is 83.6 Å². The molecular weight excluding hydrogens is 292 g/mol. The minimum atomic E-state index is -2.99. The Balaban J connectivity index is 2.31. The smallest absolute Gasteiger partial charge is 0.248 e. The maximum absolute atomic E-state index is 12.7.